The van der Waals surface area contributed by atoms with E-state index in [0.29, 0.717) is 43.4 Å². The zero-order valence-electron chi connectivity index (χ0n) is 20.9. The molecule has 0 radical (unpaired) electrons. The first-order valence-electron chi connectivity index (χ1n) is 11.9. The lowest BCUT2D eigenvalue weighted by atomic mass is 10.2. The van der Waals surface area contributed by atoms with Gasteiger partial charge in [-0.3, -0.25) is 4.79 Å². The second-order valence-electron chi connectivity index (χ2n) is 8.13. The van der Waals surface area contributed by atoms with Gasteiger partial charge in [0.2, 0.25) is 10.0 Å². The fourth-order valence-electron chi connectivity index (χ4n) is 3.78. The molecule has 0 spiro atoms. The van der Waals surface area contributed by atoms with Crippen molar-refractivity contribution in [3.63, 3.8) is 0 Å². The predicted octanol–water partition coefficient (Wildman–Crippen LogP) is 2.42. The highest BCUT2D eigenvalue weighted by molar-refractivity contribution is 7.89. The highest BCUT2D eigenvalue weighted by atomic mass is 32.2. The van der Waals surface area contributed by atoms with Crippen LogP contribution in [0.3, 0.4) is 0 Å². The van der Waals surface area contributed by atoms with Crippen LogP contribution in [0, 0.1) is 6.92 Å². The molecule has 0 aromatic heterocycles. The first-order chi connectivity index (χ1) is 17.3. The first kappa shape index (κ1) is 27.4. The van der Waals surface area contributed by atoms with E-state index in [4.69, 9.17) is 14.2 Å². The molecule has 0 bridgehead atoms. The van der Waals surface area contributed by atoms with E-state index in [1.165, 1.54) is 16.4 Å². The molecule has 0 unspecified atom stereocenters. The van der Waals surface area contributed by atoms with Crippen molar-refractivity contribution in [2.45, 2.75) is 25.7 Å². The summed E-state index contributed by atoms with van der Waals surface area (Å²) >= 11 is 0. The number of amides is 1. The maximum absolute atomic E-state index is 13.1. The smallest absolute Gasteiger partial charge is 0.344 e. The Morgan fingerprint density at radius 1 is 1.06 bits per heavy atom. The Kier molecular flexibility index (Phi) is 9.68. The summed E-state index contributed by atoms with van der Waals surface area (Å²) in [6.07, 6.45) is 0. The summed E-state index contributed by atoms with van der Waals surface area (Å²) in [6.45, 7) is 7.41. The van der Waals surface area contributed by atoms with Crippen LogP contribution in [0.1, 0.15) is 19.4 Å². The third-order valence-electron chi connectivity index (χ3n) is 5.76. The minimum absolute atomic E-state index is 0.0687. The Balaban J connectivity index is 1.69. The fourth-order valence-corrected chi connectivity index (χ4v) is 5.22. The van der Waals surface area contributed by atoms with Gasteiger partial charge in [-0.25, -0.2) is 13.2 Å². The van der Waals surface area contributed by atoms with Crippen molar-refractivity contribution in [2.24, 2.45) is 0 Å². The van der Waals surface area contributed by atoms with Gasteiger partial charge in [-0.1, -0.05) is 18.2 Å². The van der Waals surface area contributed by atoms with Crippen LogP contribution in [0.4, 0.5) is 11.4 Å². The molecule has 1 fully saturated rings. The molecule has 0 aliphatic carbocycles. The molecule has 1 aliphatic heterocycles. The number of hydrogen-bond donors (Lipinski definition) is 1. The molecular formula is C25H33N3O7S. The van der Waals surface area contributed by atoms with Gasteiger partial charge in [-0.05, 0) is 50.6 Å². The number of anilines is 2. The zero-order chi connectivity index (χ0) is 26.1. The van der Waals surface area contributed by atoms with E-state index in [0.717, 1.165) is 5.56 Å². The van der Waals surface area contributed by atoms with Crippen LogP contribution in [0.5, 0.6) is 5.75 Å². The highest BCUT2D eigenvalue weighted by Crippen LogP contribution is 2.30. The molecule has 1 saturated heterocycles. The monoisotopic (exact) mass is 519 g/mol. The second kappa shape index (κ2) is 12.7. The van der Waals surface area contributed by atoms with Crippen LogP contribution >= 0.6 is 0 Å². The van der Waals surface area contributed by atoms with Crippen molar-refractivity contribution >= 4 is 33.3 Å². The van der Waals surface area contributed by atoms with E-state index in [1.54, 1.807) is 18.2 Å². The van der Waals surface area contributed by atoms with Gasteiger partial charge in [-0.15, -0.1) is 0 Å². The number of nitrogens with one attached hydrogen (secondary N) is 1. The number of nitrogens with zero attached hydrogens (tertiary/aromatic N) is 2. The van der Waals surface area contributed by atoms with Gasteiger partial charge < -0.3 is 24.4 Å². The molecule has 36 heavy (non-hydrogen) atoms. The summed E-state index contributed by atoms with van der Waals surface area (Å²) in [5, 5.41) is 2.71. The van der Waals surface area contributed by atoms with Crippen LogP contribution in [-0.2, 0) is 29.1 Å². The molecule has 2 aromatic carbocycles. The molecule has 1 aliphatic rings. The van der Waals surface area contributed by atoms with Gasteiger partial charge in [-0.2, -0.15) is 4.31 Å². The number of carbonyl (C=O) groups is 2. The van der Waals surface area contributed by atoms with E-state index < -0.39 is 28.5 Å². The minimum Gasteiger partial charge on any atom is -0.482 e. The standard InChI is InChI=1S/C25H33N3O7S/c1-4-27(5-2)22-11-10-20(36(31,32)28-12-14-33-15-13-28)16-21(22)26-24(29)17-35-25(30)18-34-23-9-7-6-8-19(23)3/h6-11,16H,4-5,12-15,17-18H2,1-3H3,(H,26,29). The van der Waals surface area contributed by atoms with Gasteiger partial charge in [0.1, 0.15) is 5.75 Å². The molecule has 1 heterocycles. The molecule has 0 saturated carbocycles. The summed E-state index contributed by atoms with van der Waals surface area (Å²) in [4.78, 5) is 26.8. The van der Waals surface area contributed by atoms with Crippen LogP contribution in [0.2, 0.25) is 0 Å². The number of benzene rings is 2. The van der Waals surface area contributed by atoms with Crippen molar-refractivity contribution < 1.29 is 32.2 Å². The first-order valence-corrected chi connectivity index (χ1v) is 13.3. The maximum Gasteiger partial charge on any atom is 0.344 e. The molecule has 2 aromatic rings. The normalized spacial score (nSPS) is 14.2. The van der Waals surface area contributed by atoms with Crippen molar-refractivity contribution in [1.82, 2.24) is 4.31 Å². The number of morpholine rings is 1. The predicted molar refractivity (Wildman–Crippen MR) is 136 cm³/mol. The quantitative estimate of drug-likeness (QED) is 0.450. The Bertz CT molecular complexity index is 1160. The van der Waals surface area contributed by atoms with E-state index in [2.05, 4.69) is 5.32 Å². The van der Waals surface area contributed by atoms with Gasteiger partial charge in [0.05, 0.1) is 29.5 Å². The second-order valence-corrected chi connectivity index (χ2v) is 10.1. The van der Waals surface area contributed by atoms with Crippen molar-refractivity contribution in [2.75, 3.05) is 62.8 Å². The molecular weight excluding hydrogens is 486 g/mol. The highest BCUT2D eigenvalue weighted by Gasteiger charge is 2.27. The lowest BCUT2D eigenvalue weighted by Crippen LogP contribution is -2.40. The van der Waals surface area contributed by atoms with Gasteiger partial charge >= 0.3 is 5.97 Å². The lowest BCUT2D eigenvalue weighted by molar-refractivity contribution is -0.149. The summed E-state index contributed by atoms with van der Waals surface area (Å²) < 4.78 is 43.4. The molecule has 10 nitrogen and oxygen atoms in total. The fraction of sp³-hybridized carbons (Fsp3) is 0.440. The van der Waals surface area contributed by atoms with Crippen molar-refractivity contribution in [1.29, 1.82) is 0 Å². The third kappa shape index (κ3) is 6.96. The molecule has 196 valence electrons. The van der Waals surface area contributed by atoms with E-state index in [1.807, 2.05) is 37.8 Å². The van der Waals surface area contributed by atoms with Crippen LogP contribution in [-0.4, -0.2) is 77.2 Å². The average molecular weight is 520 g/mol. The lowest BCUT2D eigenvalue weighted by Gasteiger charge is -2.28. The Morgan fingerprint density at radius 3 is 2.42 bits per heavy atom. The Labute approximate surface area is 212 Å². The molecule has 11 heteroatoms. The third-order valence-corrected chi connectivity index (χ3v) is 7.65. The number of esters is 1. The summed E-state index contributed by atoms with van der Waals surface area (Å²) in [5.74, 6) is -0.726. The summed E-state index contributed by atoms with van der Waals surface area (Å²) in [7, 11) is -3.76. The number of hydrogen-bond acceptors (Lipinski definition) is 8. The largest absolute Gasteiger partial charge is 0.482 e. The van der Waals surface area contributed by atoms with Gasteiger partial charge in [0.25, 0.3) is 5.91 Å². The molecule has 3 rings (SSSR count). The van der Waals surface area contributed by atoms with Gasteiger partial charge in [0.15, 0.2) is 13.2 Å². The van der Waals surface area contributed by atoms with E-state index in [-0.39, 0.29) is 24.6 Å². The summed E-state index contributed by atoms with van der Waals surface area (Å²) in [6, 6.07) is 11.9. The molecule has 1 amide bonds. The van der Waals surface area contributed by atoms with E-state index in [9.17, 15) is 18.0 Å². The number of carbonyl (C=O) groups excluding carboxylic acids is 2. The Hall–Kier alpha value is -3.15. The number of rotatable bonds is 11. The van der Waals surface area contributed by atoms with Crippen LogP contribution in [0.15, 0.2) is 47.4 Å². The number of sulfonamides is 1. The van der Waals surface area contributed by atoms with Gasteiger partial charge in [0, 0.05) is 26.2 Å². The number of para-hydroxylation sites is 1. The molecule has 0 atom stereocenters. The average Bonchev–Trinajstić information content (AvgIpc) is 2.89. The molecule has 1 N–H and O–H groups in total. The minimum atomic E-state index is -3.76. The SMILES string of the molecule is CCN(CC)c1ccc(S(=O)(=O)N2CCOCC2)cc1NC(=O)COC(=O)COc1ccccc1C. The maximum atomic E-state index is 13.1. The number of ether oxygens (including phenoxy) is 3. The number of aryl methyl sites for hydroxylation is 1. The van der Waals surface area contributed by atoms with Crippen LogP contribution < -0.4 is 15.0 Å². The Morgan fingerprint density at radius 2 is 1.75 bits per heavy atom. The van der Waals surface area contributed by atoms with Crippen molar-refractivity contribution in [3.05, 3.63) is 48.0 Å². The summed E-state index contributed by atoms with van der Waals surface area (Å²) in [5.41, 5.74) is 1.87. The topological polar surface area (TPSA) is 114 Å². The van der Waals surface area contributed by atoms with Crippen molar-refractivity contribution in [3.8, 4) is 5.75 Å². The van der Waals surface area contributed by atoms with Crippen LogP contribution in [0.25, 0.3) is 0 Å². The van der Waals surface area contributed by atoms with E-state index >= 15 is 0 Å². The zero-order valence-corrected chi connectivity index (χ0v) is 21.7.